The Hall–Kier alpha value is -5.60. The van der Waals surface area contributed by atoms with Crippen molar-refractivity contribution in [3.63, 3.8) is 0 Å². The number of nitrogens with zero attached hydrogens (tertiary/aromatic N) is 2. The van der Waals surface area contributed by atoms with Gasteiger partial charge in [0, 0.05) is 44.8 Å². The van der Waals surface area contributed by atoms with Crippen LogP contribution in [0.15, 0.2) is 66.7 Å². The van der Waals surface area contributed by atoms with Gasteiger partial charge in [0.2, 0.25) is 12.4 Å². The molecule has 14 heteroatoms. The Morgan fingerprint density at radius 1 is 0.786 bits per heavy atom. The molecule has 5 atom stereocenters. The maximum Gasteiger partial charge on any atom is 0.339 e. The molecule has 0 bridgehead atoms. The van der Waals surface area contributed by atoms with Crippen molar-refractivity contribution in [1.29, 1.82) is 0 Å². The lowest BCUT2D eigenvalue weighted by atomic mass is 9.97. The molecule has 0 spiro atoms. The molecule has 1 aromatic heterocycles. The number of phenolic OH excluding ortho intramolecular Hbond substituents is 1. The second-order valence-electron chi connectivity index (χ2n) is 14.0. The molecule has 14 nitrogen and oxygen atoms in total. The maximum absolute atomic E-state index is 12.9. The smallest absolute Gasteiger partial charge is 0.339 e. The lowest BCUT2D eigenvalue weighted by molar-refractivity contribution is -0.282. The number of aromatic hydroxyl groups is 1. The first-order valence-corrected chi connectivity index (χ1v) is 18.7. The highest BCUT2D eigenvalue weighted by molar-refractivity contribution is 5.92. The number of rotatable bonds is 13. The second kappa shape index (κ2) is 17.9. The Labute approximate surface area is 325 Å². The lowest BCUT2D eigenvalue weighted by Crippen LogP contribution is -2.64. The average molecular weight is 773 g/mol. The number of aryl methyl sites for hydroxylation is 1. The molecule has 0 aliphatic carbocycles. The van der Waals surface area contributed by atoms with Gasteiger partial charge in [-0.25, -0.2) is 4.79 Å². The van der Waals surface area contributed by atoms with Gasteiger partial charge in [0.05, 0.1) is 12.8 Å². The fourth-order valence-corrected chi connectivity index (χ4v) is 7.40. The minimum Gasteiger partial charge on any atom is -0.508 e. The van der Waals surface area contributed by atoms with Crippen LogP contribution in [0.5, 0.6) is 17.2 Å². The first kappa shape index (κ1) is 40.1. The van der Waals surface area contributed by atoms with E-state index in [9.17, 15) is 24.3 Å². The Morgan fingerprint density at radius 2 is 1.41 bits per heavy atom. The number of aromatic nitrogens is 1. The van der Waals surface area contributed by atoms with Crippen molar-refractivity contribution in [2.45, 2.75) is 84.2 Å². The van der Waals surface area contributed by atoms with Gasteiger partial charge in [-0.2, -0.15) is 0 Å². The van der Waals surface area contributed by atoms with Crippen molar-refractivity contribution in [2.75, 3.05) is 33.4 Å². The summed E-state index contributed by atoms with van der Waals surface area (Å²) >= 11 is 0. The minimum absolute atomic E-state index is 0.155. The van der Waals surface area contributed by atoms with E-state index < -0.39 is 54.6 Å². The summed E-state index contributed by atoms with van der Waals surface area (Å²) in [6.45, 7) is 9.71. The van der Waals surface area contributed by atoms with Gasteiger partial charge >= 0.3 is 23.9 Å². The molecule has 56 heavy (non-hydrogen) atoms. The van der Waals surface area contributed by atoms with Crippen molar-refractivity contribution in [2.24, 2.45) is 0 Å². The molecule has 3 heterocycles. The second-order valence-corrected chi connectivity index (χ2v) is 14.0. The van der Waals surface area contributed by atoms with E-state index in [1.165, 1.54) is 19.3 Å². The SMILES string of the molecule is COC(=O)[C@@H]1O[C@H](Oc2ccc(-c3c(C)c4cc(O)ccc4n3Cc3ccc(OCCN4CCCCC4)cc3)cc2)[C@@H](OC(C)=O)[C@H](OC(C)=O)[C@H]1OC(C)=O. The summed E-state index contributed by atoms with van der Waals surface area (Å²) in [5.74, 6) is -2.04. The van der Waals surface area contributed by atoms with Crippen molar-refractivity contribution in [3.05, 3.63) is 77.9 Å². The number of fused-ring (bicyclic) bond motifs is 1. The molecule has 4 aromatic rings. The van der Waals surface area contributed by atoms with Crippen molar-refractivity contribution >= 4 is 34.8 Å². The summed E-state index contributed by atoms with van der Waals surface area (Å²) in [5.41, 5.74) is 4.69. The van der Waals surface area contributed by atoms with Crippen molar-refractivity contribution < 1.29 is 57.4 Å². The van der Waals surface area contributed by atoms with Crippen LogP contribution < -0.4 is 9.47 Å². The number of carbonyl (C=O) groups is 4. The van der Waals surface area contributed by atoms with Gasteiger partial charge in [-0.15, -0.1) is 0 Å². The molecule has 2 fully saturated rings. The third kappa shape index (κ3) is 9.43. The van der Waals surface area contributed by atoms with Gasteiger partial charge in [-0.1, -0.05) is 18.6 Å². The molecule has 6 rings (SSSR count). The van der Waals surface area contributed by atoms with Crippen LogP contribution in [0.25, 0.3) is 22.2 Å². The van der Waals surface area contributed by atoms with E-state index in [2.05, 4.69) is 21.6 Å². The first-order chi connectivity index (χ1) is 26.9. The van der Waals surface area contributed by atoms with Crippen LogP contribution in [0.1, 0.15) is 51.2 Å². The number of methoxy groups -OCH3 is 1. The normalized spacial score (nSPS) is 21.2. The summed E-state index contributed by atoms with van der Waals surface area (Å²) in [5, 5.41) is 11.3. The van der Waals surface area contributed by atoms with Gasteiger partial charge in [-0.3, -0.25) is 19.3 Å². The number of benzene rings is 3. The minimum atomic E-state index is -1.58. The topological polar surface area (TPSA) is 161 Å². The summed E-state index contributed by atoms with van der Waals surface area (Å²) in [6, 6.07) is 20.5. The third-order valence-electron chi connectivity index (χ3n) is 9.90. The summed E-state index contributed by atoms with van der Waals surface area (Å²) in [6.07, 6.45) is -3.70. The van der Waals surface area contributed by atoms with E-state index in [0.717, 1.165) is 86.6 Å². The van der Waals surface area contributed by atoms with E-state index in [-0.39, 0.29) is 11.5 Å². The standard InChI is InChI=1S/C42H48N2O12/c1-25-34-23-31(48)13-18-35(34)44(24-29-9-14-32(15-10-29)51-22-21-43-19-7-6-8-20-43)36(25)30-11-16-33(17-12-30)55-42-40(54-28(4)47)38(53-27(3)46)37(52-26(2)45)39(56-42)41(49)50-5/h9-18,23,37-40,42,48H,6-8,19-22,24H2,1-5H3/t37-,38-,39-,40+,42+/m1/s1. The molecule has 2 saturated heterocycles. The Bertz CT molecular complexity index is 2020. The molecular weight excluding hydrogens is 724 g/mol. The van der Waals surface area contributed by atoms with Crippen LogP contribution in [-0.2, 0) is 49.4 Å². The molecule has 3 aromatic carbocycles. The highest BCUT2D eigenvalue weighted by Crippen LogP contribution is 2.37. The van der Waals surface area contributed by atoms with E-state index >= 15 is 0 Å². The highest BCUT2D eigenvalue weighted by Gasteiger charge is 2.55. The molecule has 0 saturated carbocycles. The van der Waals surface area contributed by atoms with Crippen LogP contribution in [0.4, 0.5) is 0 Å². The number of piperidine rings is 1. The molecule has 0 amide bonds. The zero-order valence-electron chi connectivity index (χ0n) is 32.2. The fourth-order valence-electron chi connectivity index (χ4n) is 7.40. The van der Waals surface area contributed by atoms with E-state index in [1.54, 1.807) is 24.3 Å². The van der Waals surface area contributed by atoms with Crippen molar-refractivity contribution in [1.82, 2.24) is 9.47 Å². The van der Waals surface area contributed by atoms with Gasteiger partial charge in [0.25, 0.3) is 0 Å². The maximum atomic E-state index is 12.9. The zero-order chi connectivity index (χ0) is 39.9. The first-order valence-electron chi connectivity index (χ1n) is 18.7. The summed E-state index contributed by atoms with van der Waals surface area (Å²) < 4.78 is 41.5. The van der Waals surface area contributed by atoms with Crippen LogP contribution in [0.2, 0.25) is 0 Å². The molecule has 2 aliphatic rings. The molecule has 1 N–H and O–H groups in total. The highest BCUT2D eigenvalue weighted by atomic mass is 16.7. The van der Waals surface area contributed by atoms with Gasteiger partial charge < -0.3 is 42.8 Å². The molecule has 0 radical (unpaired) electrons. The summed E-state index contributed by atoms with van der Waals surface area (Å²) in [4.78, 5) is 51.8. The van der Waals surface area contributed by atoms with E-state index in [4.69, 9.17) is 33.2 Å². The predicted octanol–water partition coefficient (Wildman–Crippen LogP) is 5.31. The van der Waals surface area contributed by atoms with Gasteiger partial charge in [0.1, 0.15) is 23.9 Å². The summed E-state index contributed by atoms with van der Waals surface area (Å²) in [7, 11) is 1.12. The van der Waals surface area contributed by atoms with E-state index in [1.807, 2.05) is 37.3 Å². The van der Waals surface area contributed by atoms with E-state index in [0.29, 0.717) is 13.2 Å². The van der Waals surface area contributed by atoms with Crippen LogP contribution >= 0.6 is 0 Å². The van der Waals surface area contributed by atoms with Crippen LogP contribution in [0, 0.1) is 6.92 Å². The average Bonchev–Trinajstić information content (AvgIpc) is 3.43. The quantitative estimate of drug-likeness (QED) is 0.138. The predicted molar refractivity (Wildman–Crippen MR) is 203 cm³/mol. The van der Waals surface area contributed by atoms with Crippen LogP contribution in [0.3, 0.4) is 0 Å². The monoisotopic (exact) mass is 772 g/mol. The molecular formula is C42H48N2O12. The lowest BCUT2D eigenvalue weighted by Gasteiger charge is -2.43. The number of phenols is 1. The Balaban J connectivity index is 1.26. The van der Waals surface area contributed by atoms with Crippen molar-refractivity contribution in [3.8, 4) is 28.5 Å². The number of ether oxygens (including phenoxy) is 7. The molecule has 298 valence electrons. The van der Waals surface area contributed by atoms with Crippen LogP contribution in [-0.4, -0.2) is 103 Å². The number of esters is 4. The largest absolute Gasteiger partial charge is 0.508 e. The number of carbonyl (C=O) groups excluding carboxylic acids is 4. The Kier molecular flexibility index (Phi) is 12.8. The van der Waals surface area contributed by atoms with Gasteiger partial charge in [0.15, 0.2) is 18.3 Å². The Morgan fingerprint density at radius 3 is 2.05 bits per heavy atom. The molecule has 2 aliphatic heterocycles. The molecule has 0 unspecified atom stereocenters. The van der Waals surface area contributed by atoms with Gasteiger partial charge in [-0.05, 0) is 104 Å². The third-order valence-corrected chi connectivity index (χ3v) is 9.90. The number of likely N-dealkylation sites (tertiary alicyclic amines) is 1. The fraction of sp³-hybridized carbons (Fsp3) is 0.429. The number of hydrogen-bond donors (Lipinski definition) is 1. The zero-order valence-corrected chi connectivity index (χ0v) is 32.2. The number of hydrogen-bond acceptors (Lipinski definition) is 13.